The summed E-state index contributed by atoms with van der Waals surface area (Å²) in [5.74, 6) is -116. The number of benzene rings is 2. The van der Waals surface area contributed by atoms with Crippen LogP contribution in [0.4, 0.5) is 149 Å². The Morgan fingerprint density at radius 2 is 0.493 bits per heavy atom. The molecular formula is C30H8F34O4S. The van der Waals surface area contributed by atoms with Crippen molar-refractivity contribution in [3.8, 4) is 11.5 Å². The van der Waals surface area contributed by atoms with Gasteiger partial charge in [-0.2, -0.15) is 149 Å². The standard InChI is InChI=1S/C30H8F34O4S/c31-13(17(35,36)19(39,40)21(43,44)23(47,48)25(51,52)27(55,56)29(59,60)61)15(33)67-9-1-5-11(6-2-9)69(65,66)12-7-3-10(4-8-12)68-16(34)14(32)18(37,38)20(41,42)22(45,46)24(49,50)26(53,54)28(57,58)30(62,63)64/h1-8H. The van der Waals surface area contributed by atoms with Gasteiger partial charge in [0, 0.05) is 0 Å². The molecule has 0 aliphatic rings. The zero-order valence-electron chi connectivity index (χ0n) is 30.5. The van der Waals surface area contributed by atoms with Crippen molar-refractivity contribution in [2.45, 2.75) is 93.2 Å². The van der Waals surface area contributed by atoms with Crippen LogP contribution < -0.4 is 9.47 Å². The molecule has 0 spiro atoms. The first-order valence-electron chi connectivity index (χ1n) is 15.6. The summed E-state index contributed by atoms with van der Waals surface area (Å²) in [7, 11) is -5.26. The van der Waals surface area contributed by atoms with Crippen LogP contribution in [0.2, 0.25) is 0 Å². The third-order valence-corrected chi connectivity index (χ3v) is 10.0. The van der Waals surface area contributed by atoms with Gasteiger partial charge in [0.15, 0.2) is 0 Å². The van der Waals surface area contributed by atoms with E-state index in [0.29, 0.717) is 0 Å². The van der Waals surface area contributed by atoms with E-state index in [4.69, 9.17) is 0 Å². The van der Waals surface area contributed by atoms with E-state index < -0.39 is 138 Å². The average molecular weight is 1110 g/mol. The summed E-state index contributed by atoms with van der Waals surface area (Å²) in [6.45, 7) is 0. The lowest BCUT2D eigenvalue weighted by Gasteiger charge is -2.41. The molecule has 0 aliphatic carbocycles. The molecule has 0 saturated carbocycles. The predicted octanol–water partition coefficient (Wildman–Crippen LogP) is 14.2. The minimum absolute atomic E-state index is 0.0318. The molecule has 69 heavy (non-hydrogen) atoms. The van der Waals surface area contributed by atoms with E-state index >= 15 is 0 Å². The molecule has 0 aliphatic heterocycles. The third-order valence-electron chi connectivity index (χ3n) is 8.23. The second-order valence-corrected chi connectivity index (χ2v) is 14.7. The highest BCUT2D eigenvalue weighted by atomic mass is 32.2. The maximum atomic E-state index is 14.1. The van der Waals surface area contributed by atoms with Gasteiger partial charge in [-0.1, -0.05) is 0 Å². The lowest BCUT2D eigenvalue weighted by atomic mass is 9.91. The van der Waals surface area contributed by atoms with Crippen LogP contribution in [0, 0.1) is 0 Å². The zero-order valence-corrected chi connectivity index (χ0v) is 31.3. The number of hydrogen-bond donors (Lipinski definition) is 0. The Labute approximate surface area is 354 Å². The second-order valence-electron chi connectivity index (χ2n) is 12.7. The molecule has 0 aromatic heterocycles. The molecule has 0 atom stereocenters. The lowest BCUT2D eigenvalue weighted by Crippen LogP contribution is -2.72. The summed E-state index contributed by atoms with van der Waals surface area (Å²) in [6, 6.07) is -8.17. The van der Waals surface area contributed by atoms with Gasteiger partial charge in [0.25, 0.3) is 0 Å². The Hall–Kier alpha value is -4.91. The summed E-state index contributed by atoms with van der Waals surface area (Å²) in [5, 5.41) is 0. The van der Waals surface area contributed by atoms with Gasteiger partial charge in [-0.25, -0.2) is 8.42 Å². The van der Waals surface area contributed by atoms with Crippen molar-refractivity contribution >= 4 is 9.84 Å². The van der Waals surface area contributed by atoms with Gasteiger partial charge in [0.05, 0.1) is 9.79 Å². The minimum Gasteiger partial charge on any atom is -0.430 e. The Kier molecular flexibility index (Phi) is 15.0. The molecule has 39 heteroatoms. The van der Waals surface area contributed by atoms with E-state index in [-0.39, 0.29) is 48.5 Å². The minimum atomic E-state index is -8.91. The molecule has 0 N–H and O–H groups in total. The summed E-state index contributed by atoms with van der Waals surface area (Å²) in [6.07, 6.45) is -16.0. The van der Waals surface area contributed by atoms with Gasteiger partial charge in [0.2, 0.25) is 21.5 Å². The molecular weight excluding hydrogens is 1100 g/mol. The van der Waals surface area contributed by atoms with Crippen LogP contribution in [0.1, 0.15) is 0 Å². The monoisotopic (exact) mass is 1110 g/mol. The molecule has 2 aromatic carbocycles. The van der Waals surface area contributed by atoms with E-state index in [1.165, 1.54) is 0 Å². The third kappa shape index (κ3) is 8.85. The highest BCUT2D eigenvalue weighted by Gasteiger charge is 2.95. The van der Waals surface area contributed by atoms with Crippen LogP contribution >= 0.6 is 0 Å². The van der Waals surface area contributed by atoms with Crippen molar-refractivity contribution in [2.75, 3.05) is 0 Å². The quantitative estimate of drug-likeness (QED) is 0.110. The number of ether oxygens (including phenoxy) is 2. The van der Waals surface area contributed by atoms with Gasteiger partial charge >= 0.3 is 95.4 Å². The zero-order chi connectivity index (χ0) is 55.2. The van der Waals surface area contributed by atoms with Crippen molar-refractivity contribution in [1.29, 1.82) is 0 Å². The molecule has 2 aromatic rings. The van der Waals surface area contributed by atoms with Crippen molar-refractivity contribution < 1.29 is 167 Å². The van der Waals surface area contributed by atoms with Gasteiger partial charge in [0.1, 0.15) is 11.5 Å². The molecule has 0 heterocycles. The van der Waals surface area contributed by atoms with E-state index in [9.17, 15) is 158 Å². The van der Waals surface area contributed by atoms with E-state index in [0.717, 1.165) is 0 Å². The normalized spacial score (nSPS) is 16.3. The molecule has 0 amide bonds. The number of rotatable bonds is 18. The number of alkyl halides is 30. The second kappa shape index (κ2) is 17.1. The molecule has 0 unspecified atom stereocenters. The topological polar surface area (TPSA) is 52.6 Å². The Morgan fingerprint density at radius 3 is 0.696 bits per heavy atom. The smallest absolute Gasteiger partial charge is 0.430 e. The molecule has 0 fully saturated rings. The van der Waals surface area contributed by atoms with Crippen LogP contribution in [0.25, 0.3) is 0 Å². The number of hydrogen-bond acceptors (Lipinski definition) is 4. The lowest BCUT2D eigenvalue weighted by molar-refractivity contribution is -0.451. The largest absolute Gasteiger partial charge is 0.460 e. The molecule has 396 valence electrons. The van der Waals surface area contributed by atoms with Crippen LogP contribution in [-0.2, 0) is 9.84 Å². The van der Waals surface area contributed by atoms with Gasteiger partial charge < -0.3 is 9.47 Å². The Balaban J connectivity index is 2.44. The molecule has 4 nitrogen and oxygen atoms in total. The Morgan fingerprint density at radius 1 is 0.304 bits per heavy atom. The van der Waals surface area contributed by atoms with Crippen molar-refractivity contribution in [2.24, 2.45) is 0 Å². The molecule has 0 saturated heterocycles. The first kappa shape index (κ1) is 60.2. The fourth-order valence-electron chi connectivity index (χ4n) is 4.26. The van der Waals surface area contributed by atoms with Crippen LogP contribution in [0.5, 0.6) is 11.5 Å². The molecule has 0 bridgehead atoms. The van der Waals surface area contributed by atoms with E-state index in [2.05, 4.69) is 9.47 Å². The summed E-state index contributed by atoms with van der Waals surface area (Å²) < 4.78 is 489. The van der Waals surface area contributed by atoms with Gasteiger partial charge in [-0.05, 0) is 48.5 Å². The number of sulfone groups is 1. The molecule has 2 rings (SSSR count). The van der Waals surface area contributed by atoms with Crippen molar-refractivity contribution in [1.82, 2.24) is 0 Å². The number of halogens is 34. The molecule has 0 radical (unpaired) electrons. The predicted molar refractivity (Wildman–Crippen MR) is 150 cm³/mol. The fraction of sp³-hybridized carbons (Fsp3) is 0.467. The van der Waals surface area contributed by atoms with Gasteiger partial charge in [-0.3, -0.25) is 0 Å². The first-order chi connectivity index (χ1) is 30.0. The van der Waals surface area contributed by atoms with E-state index in [1.54, 1.807) is 0 Å². The van der Waals surface area contributed by atoms with Crippen LogP contribution in [-0.4, -0.2) is 91.8 Å². The maximum absolute atomic E-state index is 14.1. The van der Waals surface area contributed by atoms with Crippen LogP contribution in [0.15, 0.2) is 82.0 Å². The maximum Gasteiger partial charge on any atom is 0.460 e. The van der Waals surface area contributed by atoms with E-state index in [1.807, 2.05) is 0 Å². The summed E-state index contributed by atoms with van der Waals surface area (Å²) in [5.41, 5.74) is 0. The number of allylic oxidation sites excluding steroid dienone is 2. The van der Waals surface area contributed by atoms with Crippen LogP contribution in [0.3, 0.4) is 0 Å². The van der Waals surface area contributed by atoms with Crippen molar-refractivity contribution in [3.63, 3.8) is 0 Å². The van der Waals surface area contributed by atoms with Gasteiger partial charge in [-0.15, -0.1) is 0 Å². The van der Waals surface area contributed by atoms with Crippen molar-refractivity contribution in [3.05, 3.63) is 72.2 Å². The Bertz CT molecular complexity index is 2220. The highest BCUT2D eigenvalue weighted by Crippen LogP contribution is 2.65. The first-order valence-corrected chi connectivity index (χ1v) is 17.1. The average Bonchev–Trinajstić information content (AvgIpc) is 3.18. The fourth-order valence-corrected chi connectivity index (χ4v) is 5.52. The summed E-state index contributed by atoms with van der Waals surface area (Å²) >= 11 is 0. The summed E-state index contributed by atoms with van der Waals surface area (Å²) in [4.78, 5) is -2.56. The highest BCUT2D eigenvalue weighted by molar-refractivity contribution is 7.91. The SMILES string of the molecule is O=S(=O)(c1ccc(OC(F)=C(F)C(F)(F)C(F)(F)C(F)(F)C(F)(F)C(F)(F)C(F)(F)C(F)(F)F)cc1)c1ccc(OC(F)=C(F)C(F)(F)C(F)(F)C(F)(F)C(F)(F)C(F)(F)C(F)(F)C(F)(F)F)cc1.